The Morgan fingerprint density at radius 2 is 1.88 bits per heavy atom. The van der Waals surface area contributed by atoms with E-state index < -0.39 is 0 Å². The zero-order valence-corrected chi connectivity index (χ0v) is 11.0. The summed E-state index contributed by atoms with van der Waals surface area (Å²) in [6.45, 7) is 0. The highest BCUT2D eigenvalue weighted by atomic mass is 35.5. The predicted octanol–water partition coefficient (Wildman–Crippen LogP) is 4.51. The molecular weight excluding hydrogens is 257 g/mol. The molecule has 0 unspecified atom stereocenters. The highest BCUT2D eigenvalue weighted by molar-refractivity contribution is 6.36. The molecule has 0 saturated heterocycles. The summed E-state index contributed by atoms with van der Waals surface area (Å²) in [6, 6.07) is 5.11. The van der Waals surface area contributed by atoms with E-state index in [0.29, 0.717) is 15.7 Å². The van der Waals surface area contributed by atoms with Crippen molar-refractivity contribution >= 4 is 34.8 Å². The van der Waals surface area contributed by atoms with Crippen molar-refractivity contribution in [2.75, 3.05) is 5.32 Å². The summed E-state index contributed by atoms with van der Waals surface area (Å²) in [4.78, 5) is 12.0. The number of carbonyl (C=O) groups excluding carboxylic acids is 1. The number of rotatable bonds is 2. The van der Waals surface area contributed by atoms with E-state index >= 15 is 0 Å². The van der Waals surface area contributed by atoms with E-state index in [2.05, 4.69) is 5.32 Å². The molecule has 0 aromatic heterocycles. The molecule has 2 rings (SSSR count). The van der Waals surface area contributed by atoms with Crippen LogP contribution in [-0.2, 0) is 4.79 Å². The molecule has 4 heteroatoms. The Hall–Kier alpha value is -0.730. The van der Waals surface area contributed by atoms with Crippen LogP contribution in [0.1, 0.15) is 32.1 Å². The van der Waals surface area contributed by atoms with E-state index in [-0.39, 0.29) is 11.8 Å². The molecule has 1 amide bonds. The number of halogens is 2. The van der Waals surface area contributed by atoms with E-state index in [4.69, 9.17) is 23.2 Å². The van der Waals surface area contributed by atoms with E-state index in [9.17, 15) is 4.79 Å². The fraction of sp³-hybridized carbons (Fsp3) is 0.462. The molecule has 1 aromatic rings. The Labute approximate surface area is 111 Å². The lowest BCUT2D eigenvalue weighted by Crippen LogP contribution is -2.24. The summed E-state index contributed by atoms with van der Waals surface area (Å²) >= 11 is 11.8. The van der Waals surface area contributed by atoms with Crippen LogP contribution in [0.15, 0.2) is 18.2 Å². The second-order valence-electron chi connectivity index (χ2n) is 4.45. The summed E-state index contributed by atoms with van der Waals surface area (Å²) in [5.41, 5.74) is 0.645. The van der Waals surface area contributed by atoms with Gasteiger partial charge in [-0.15, -0.1) is 0 Å². The summed E-state index contributed by atoms with van der Waals surface area (Å²) < 4.78 is 0. The Morgan fingerprint density at radius 3 is 2.53 bits per heavy atom. The molecule has 0 heterocycles. The van der Waals surface area contributed by atoms with Crippen molar-refractivity contribution in [3.8, 4) is 0 Å². The van der Waals surface area contributed by atoms with Crippen molar-refractivity contribution in [1.29, 1.82) is 0 Å². The molecule has 0 spiro atoms. The predicted molar refractivity (Wildman–Crippen MR) is 71.7 cm³/mol. The van der Waals surface area contributed by atoms with Crippen molar-refractivity contribution < 1.29 is 4.79 Å². The lowest BCUT2D eigenvalue weighted by Gasteiger charge is -2.21. The van der Waals surface area contributed by atoms with Crippen LogP contribution in [0, 0.1) is 5.92 Å². The van der Waals surface area contributed by atoms with Gasteiger partial charge in [0.1, 0.15) is 0 Å². The van der Waals surface area contributed by atoms with Crippen LogP contribution < -0.4 is 5.32 Å². The molecule has 1 aliphatic carbocycles. The zero-order valence-electron chi connectivity index (χ0n) is 9.51. The molecule has 0 aliphatic heterocycles. The molecule has 17 heavy (non-hydrogen) atoms. The number of hydrogen-bond donors (Lipinski definition) is 1. The zero-order chi connectivity index (χ0) is 12.3. The van der Waals surface area contributed by atoms with Crippen LogP contribution in [0.5, 0.6) is 0 Å². The summed E-state index contributed by atoms with van der Waals surface area (Å²) in [7, 11) is 0. The molecule has 1 aliphatic rings. The van der Waals surface area contributed by atoms with Crippen LogP contribution in [0.4, 0.5) is 5.69 Å². The second kappa shape index (κ2) is 5.74. The second-order valence-corrected chi connectivity index (χ2v) is 5.29. The van der Waals surface area contributed by atoms with Gasteiger partial charge in [0, 0.05) is 10.9 Å². The summed E-state index contributed by atoms with van der Waals surface area (Å²) in [6.07, 6.45) is 5.50. The van der Waals surface area contributed by atoms with E-state index in [0.717, 1.165) is 25.7 Å². The van der Waals surface area contributed by atoms with Gasteiger partial charge in [-0.25, -0.2) is 0 Å². The van der Waals surface area contributed by atoms with E-state index in [1.165, 1.54) is 6.42 Å². The van der Waals surface area contributed by atoms with Gasteiger partial charge in [-0.05, 0) is 31.0 Å². The average molecular weight is 272 g/mol. The molecule has 92 valence electrons. The first-order chi connectivity index (χ1) is 8.16. The van der Waals surface area contributed by atoms with Crippen LogP contribution in [0.2, 0.25) is 10.0 Å². The molecule has 1 fully saturated rings. The highest BCUT2D eigenvalue weighted by Gasteiger charge is 2.21. The van der Waals surface area contributed by atoms with Crippen molar-refractivity contribution in [2.24, 2.45) is 5.92 Å². The Balaban J connectivity index is 2.02. The number of hydrogen-bond acceptors (Lipinski definition) is 1. The third-order valence-electron chi connectivity index (χ3n) is 3.16. The highest BCUT2D eigenvalue weighted by Crippen LogP contribution is 2.28. The van der Waals surface area contributed by atoms with Gasteiger partial charge in [0.15, 0.2) is 0 Å². The van der Waals surface area contributed by atoms with Gasteiger partial charge in [-0.2, -0.15) is 0 Å². The van der Waals surface area contributed by atoms with Crippen LogP contribution in [0.25, 0.3) is 0 Å². The van der Waals surface area contributed by atoms with Crippen molar-refractivity contribution in [2.45, 2.75) is 32.1 Å². The van der Waals surface area contributed by atoms with Crippen molar-refractivity contribution in [3.05, 3.63) is 28.2 Å². The monoisotopic (exact) mass is 271 g/mol. The standard InChI is InChI=1S/C13H15Cl2NO/c14-10-6-7-12(11(15)8-10)16-13(17)9-4-2-1-3-5-9/h6-9H,1-5H2,(H,16,17). The molecular formula is C13H15Cl2NO. The smallest absolute Gasteiger partial charge is 0.227 e. The Kier molecular flexibility index (Phi) is 4.30. The third kappa shape index (κ3) is 3.36. The minimum atomic E-state index is 0.0777. The number of benzene rings is 1. The quantitative estimate of drug-likeness (QED) is 0.843. The lowest BCUT2D eigenvalue weighted by molar-refractivity contribution is -0.120. The Morgan fingerprint density at radius 1 is 1.18 bits per heavy atom. The van der Waals surface area contributed by atoms with Crippen molar-refractivity contribution in [1.82, 2.24) is 0 Å². The van der Waals surface area contributed by atoms with Gasteiger partial charge in [-0.3, -0.25) is 4.79 Å². The average Bonchev–Trinajstić information content (AvgIpc) is 2.34. The molecule has 0 atom stereocenters. The topological polar surface area (TPSA) is 29.1 Å². The van der Waals surface area contributed by atoms with Gasteiger partial charge < -0.3 is 5.32 Å². The number of anilines is 1. The van der Waals surface area contributed by atoms with Crippen LogP contribution >= 0.6 is 23.2 Å². The fourth-order valence-corrected chi connectivity index (χ4v) is 2.65. The minimum Gasteiger partial charge on any atom is -0.325 e. The molecule has 0 bridgehead atoms. The van der Waals surface area contributed by atoms with Crippen LogP contribution in [-0.4, -0.2) is 5.91 Å². The fourth-order valence-electron chi connectivity index (χ4n) is 2.19. The third-order valence-corrected chi connectivity index (χ3v) is 3.71. The molecule has 1 aromatic carbocycles. The SMILES string of the molecule is O=C(Nc1ccc(Cl)cc1Cl)C1CCCCC1. The van der Waals surface area contributed by atoms with Gasteiger partial charge in [-0.1, -0.05) is 42.5 Å². The molecule has 1 saturated carbocycles. The van der Waals surface area contributed by atoms with Crippen LogP contribution in [0.3, 0.4) is 0 Å². The van der Waals surface area contributed by atoms with Crippen molar-refractivity contribution in [3.63, 3.8) is 0 Å². The maximum absolute atomic E-state index is 12.0. The number of nitrogens with one attached hydrogen (secondary N) is 1. The van der Waals surface area contributed by atoms with E-state index in [1.807, 2.05) is 0 Å². The summed E-state index contributed by atoms with van der Waals surface area (Å²) in [5.74, 6) is 0.212. The van der Waals surface area contributed by atoms with Gasteiger partial charge in [0.2, 0.25) is 5.91 Å². The first kappa shape index (κ1) is 12.7. The minimum absolute atomic E-state index is 0.0777. The lowest BCUT2D eigenvalue weighted by atomic mass is 9.88. The largest absolute Gasteiger partial charge is 0.325 e. The number of carbonyl (C=O) groups is 1. The normalized spacial score (nSPS) is 16.8. The van der Waals surface area contributed by atoms with Gasteiger partial charge >= 0.3 is 0 Å². The first-order valence-corrected chi connectivity index (χ1v) is 6.68. The maximum Gasteiger partial charge on any atom is 0.227 e. The molecule has 0 radical (unpaired) electrons. The number of amides is 1. The first-order valence-electron chi connectivity index (χ1n) is 5.93. The molecule has 1 N–H and O–H groups in total. The molecule has 2 nitrogen and oxygen atoms in total. The van der Waals surface area contributed by atoms with Gasteiger partial charge in [0.05, 0.1) is 10.7 Å². The Bertz CT molecular complexity index is 414. The summed E-state index contributed by atoms with van der Waals surface area (Å²) in [5, 5.41) is 3.94. The van der Waals surface area contributed by atoms with Gasteiger partial charge in [0.25, 0.3) is 0 Å². The maximum atomic E-state index is 12.0. The van der Waals surface area contributed by atoms with E-state index in [1.54, 1.807) is 18.2 Å².